The zero-order chi connectivity index (χ0) is 10.3. The Hall–Kier alpha value is -0.970. The van der Waals surface area contributed by atoms with Gasteiger partial charge in [-0.1, -0.05) is 6.42 Å². The van der Waals surface area contributed by atoms with E-state index in [9.17, 15) is 0 Å². The van der Waals surface area contributed by atoms with Crippen molar-refractivity contribution in [1.82, 2.24) is 20.2 Å². The van der Waals surface area contributed by atoms with Crippen LogP contribution in [0, 0.1) is 17.8 Å². The number of hydrogen-bond donors (Lipinski definition) is 1. The van der Waals surface area contributed by atoms with Crippen LogP contribution >= 0.6 is 0 Å². The molecule has 3 unspecified atom stereocenters. The first-order chi connectivity index (χ1) is 7.36. The molecular formula is C10H17N5. The Morgan fingerprint density at radius 2 is 2.27 bits per heavy atom. The van der Waals surface area contributed by atoms with Crippen molar-refractivity contribution in [3.05, 3.63) is 5.82 Å². The van der Waals surface area contributed by atoms with Gasteiger partial charge in [0, 0.05) is 6.54 Å². The van der Waals surface area contributed by atoms with Crippen LogP contribution in [0.5, 0.6) is 0 Å². The number of aromatic nitrogens is 4. The number of fused-ring (bicyclic) bond motifs is 2. The number of hydrogen-bond acceptors (Lipinski definition) is 4. The maximum absolute atomic E-state index is 5.58. The van der Waals surface area contributed by atoms with Crippen LogP contribution in [-0.2, 0) is 13.1 Å². The van der Waals surface area contributed by atoms with E-state index in [0.29, 0.717) is 6.54 Å². The van der Waals surface area contributed by atoms with Gasteiger partial charge < -0.3 is 5.73 Å². The molecule has 1 aromatic heterocycles. The summed E-state index contributed by atoms with van der Waals surface area (Å²) in [4.78, 5) is 0. The zero-order valence-electron chi connectivity index (χ0n) is 8.84. The second-order valence-electron chi connectivity index (χ2n) is 4.92. The third-order valence-corrected chi connectivity index (χ3v) is 4.08. The van der Waals surface area contributed by atoms with Gasteiger partial charge in [-0.2, -0.15) is 0 Å². The Kier molecular flexibility index (Phi) is 2.20. The third-order valence-electron chi connectivity index (χ3n) is 4.08. The summed E-state index contributed by atoms with van der Waals surface area (Å²) in [5, 5.41) is 11.6. The van der Waals surface area contributed by atoms with Crippen molar-refractivity contribution >= 4 is 0 Å². The van der Waals surface area contributed by atoms with Crippen molar-refractivity contribution in [2.45, 2.75) is 38.8 Å². The van der Waals surface area contributed by atoms with E-state index in [0.717, 1.165) is 30.1 Å². The van der Waals surface area contributed by atoms with Crippen LogP contribution in [-0.4, -0.2) is 20.2 Å². The van der Waals surface area contributed by atoms with Crippen molar-refractivity contribution < 1.29 is 0 Å². The largest absolute Gasteiger partial charge is 0.324 e. The predicted molar refractivity (Wildman–Crippen MR) is 54.6 cm³/mol. The topological polar surface area (TPSA) is 69.6 Å². The van der Waals surface area contributed by atoms with Gasteiger partial charge in [0.05, 0.1) is 6.54 Å². The van der Waals surface area contributed by atoms with Crippen LogP contribution < -0.4 is 5.73 Å². The summed E-state index contributed by atoms with van der Waals surface area (Å²) in [5.74, 6) is 3.51. The number of nitrogens with zero attached hydrogens (tertiary/aromatic N) is 4. The van der Waals surface area contributed by atoms with Gasteiger partial charge >= 0.3 is 0 Å². The summed E-state index contributed by atoms with van der Waals surface area (Å²) in [6, 6.07) is 0. The van der Waals surface area contributed by atoms with Crippen LogP contribution in [0.2, 0.25) is 0 Å². The second kappa shape index (κ2) is 3.56. The summed E-state index contributed by atoms with van der Waals surface area (Å²) in [7, 11) is 0. The molecule has 0 saturated heterocycles. The molecular weight excluding hydrogens is 190 g/mol. The van der Waals surface area contributed by atoms with Crippen molar-refractivity contribution in [2.24, 2.45) is 23.5 Å². The van der Waals surface area contributed by atoms with Crippen LogP contribution in [0.4, 0.5) is 0 Å². The first-order valence-corrected chi connectivity index (χ1v) is 5.82. The Morgan fingerprint density at radius 1 is 1.33 bits per heavy atom. The summed E-state index contributed by atoms with van der Waals surface area (Å²) in [6.07, 6.45) is 5.66. The lowest BCUT2D eigenvalue weighted by atomic mass is 9.89. The fourth-order valence-corrected chi connectivity index (χ4v) is 3.33. The minimum Gasteiger partial charge on any atom is -0.324 e. The fraction of sp³-hybridized carbons (Fsp3) is 0.900. The maximum atomic E-state index is 5.58. The number of nitrogens with two attached hydrogens (primary N) is 1. The van der Waals surface area contributed by atoms with Gasteiger partial charge in [0.15, 0.2) is 5.82 Å². The predicted octanol–water partition coefficient (Wildman–Crippen LogP) is 0.568. The van der Waals surface area contributed by atoms with E-state index in [1.54, 1.807) is 0 Å². The molecule has 0 radical (unpaired) electrons. The molecule has 82 valence electrons. The molecule has 0 amide bonds. The maximum Gasteiger partial charge on any atom is 0.164 e. The quantitative estimate of drug-likeness (QED) is 0.786. The molecule has 5 nitrogen and oxygen atoms in total. The van der Waals surface area contributed by atoms with Gasteiger partial charge in [-0.15, -0.1) is 5.10 Å². The molecule has 1 heterocycles. The molecule has 2 saturated carbocycles. The highest BCUT2D eigenvalue weighted by molar-refractivity contribution is 4.91. The van der Waals surface area contributed by atoms with E-state index < -0.39 is 0 Å². The minimum atomic E-state index is 0.438. The molecule has 5 heteroatoms. The van der Waals surface area contributed by atoms with Crippen molar-refractivity contribution in [1.29, 1.82) is 0 Å². The first kappa shape index (κ1) is 9.27. The molecule has 2 aliphatic rings. The van der Waals surface area contributed by atoms with E-state index >= 15 is 0 Å². The SMILES string of the molecule is NCc1nnnn1CC1CC2CCC1C2. The van der Waals surface area contributed by atoms with Gasteiger partial charge in [0.1, 0.15) is 0 Å². The molecule has 3 atom stereocenters. The molecule has 1 aromatic rings. The molecule has 0 aliphatic heterocycles. The van der Waals surface area contributed by atoms with Crippen LogP contribution in [0.3, 0.4) is 0 Å². The fourth-order valence-electron chi connectivity index (χ4n) is 3.33. The minimum absolute atomic E-state index is 0.438. The molecule has 3 rings (SSSR count). The van der Waals surface area contributed by atoms with E-state index in [1.165, 1.54) is 25.7 Å². The standard InChI is InChI=1S/C10H17N5/c11-5-10-12-13-14-15(10)6-9-4-7-1-2-8(9)3-7/h7-9H,1-6,11H2. The summed E-state index contributed by atoms with van der Waals surface area (Å²) in [5.41, 5.74) is 5.58. The van der Waals surface area contributed by atoms with Crippen LogP contribution in [0.15, 0.2) is 0 Å². The lowest BCUT2D eigenvalue weighted by Gasteiger charge is -2.21. The average molecular weight is 207 g/mol. The van der Waals surface area contributed by atoms with Gasteiger partial charge in [0.25, 0.3) is 0 Å². The van der Waals surface area contributed by atoms with Crippen molar-refractivity contribution in [3.63, 3.8) is 0 Å². The highest BCUT2D eigenvalue weighted by atomic mass is 15.5. The monoisotopic (exact) mass is 207 g/mol. The Bertz CT molecular complexity index is 347. The summed E-state index contributed by atoms with van der Waals surface area (Å²) in [6.45, 7) is 1.41. The molecule has 0 aromatic carbocycles. The Morgan fingerprint density at radius 3 is 2.93 bits per heavy atom. The smallest absolute Gasteiger partial charge is 0.164 e. The molecule has 2 aliphatic carbocycles. The van der Waals surface area contributed by atoms with Crippen LogP contribution in [0.1, 0.15) is 31.5 Å². The number of tetrazole rings is 1. The van der Waals surface area contributed by atoms with Gasteiger partial charge in [-0.25, -0.2) is 4.68 Å². The van der Waals surface area contributed by atoms with E-state index in [-0.39, 0.29) is 0 Å². The van der Waals surface area contributed by atoms with Gasteiger partial charge in [0.2, 0.25) is 0 Å². The summed E-state index contributed by atoms with van der Waals surface area (Å²) < 4.78 is 1.89. The Balaban J connectivity index is 1.70. The van der Waals surface area contributed by atoms with Crippen LogP contribution in [0.25, 0.3) is 0 Å². The third kappa shape index (κ3) is 1.55. The van der Waals surface area contributed by atoms with E-state index in [1.807, 2.05) is 4.68 Å². The first-order valence-electron chi connectivity index (χ1n) is 5.82. The highest BCUT2D eigenvalue weighted by Crippen LogP contribution is 2.48. The van der Waals surface area contributed by atoms with Gasteiger partial charge in [-0.05, 0) is 47.4 Å². The molecule has 2 fully saturated rings. The average Bonchev–Trinajstić information content (AvgIpc) is 2.92. The highest BCUT2D eigenvalue weighted by Gasteiger charge is 2.39. The zero-order valence-corrected chi connectivity index (χ0v) is 8.84. The Labute approximate surface area is 89.0 Å². The van der Waals surface area contributed by atoms with Crippen molar-refractivity contribution in [3.8, 4) is 0 Å². The molecule has 2 bridgehead atoms. The van der Waals surface area contributed by atoms with Crippen molar-refractivity contribution in [2.75, 3.05) is 0 Å². The lowest BCUT2D eigenvalue weighted by molar-refractivity contribution is 0.280. The summed E-state index contributed by atoms with van der Waals surface area (Å²) >= 11 is 0. The lowest BCUT2D eigenvalue weighted by Crippen LogP contribution is -2.20. The second-order valence-corrected chi connectivity index (χ2v) is 4.92. The van der Waals surface area contributed by atoms with E-state index in [4.69, 9.17) is 5.73 Å². The molecule has 2 N–H and O–H groups in total. The normalized spacial score (nSPS) is 33.8. The molecule has 15 heavy (non-hydrogen) atoms. The molecule has 0 spiro atoms. The van der Waals surface area contributed by atoms with Gasteiger partial charge in [-0.3, -0.25) is 0 Å². The number of rotatable bonds is 3. The van der Waals surface area contributed by atoms with E-state index in [2.05, 4.69) is 15.5 Å².